The summed E-state index contributed by atoms with van der Waals surface area (Å²) in [6.45, 7) is 0.635. The highest BCUT2D eigenvalue weighted by Gasteiger charge is 2.13. The second-order valence-corrected chi connectivity index (χ2v) is 4.54. The summed E-state index contributed by atoms with van der Waals surface area (Å²) >= 11 is 0. The highest BCUT2D eigenvalue weighted by molar-refractivity contribution is 5.74. The third-order valence-corrected chi connectivity index (χ3v) is 2.96. The Labute approximate surface area is 120 Å². The quantitative estimate of drug-likeness (QED) is 0.503. The van der Waals surface area contributed by atoms with E-state index in [9.17, 15) is 4.79 Å². The van der Waals surface area contributed by atoms with E-state index in [1.807, 2.05) is 30.3 Å². The van der Waals surface area contributed by atoms with Crippen molar-refractivity contribution in [1.29, 1.82) is 0 Å². The van der Waals surface area contributed by atoms with Crippen molar-refractivity contribution in [2.24, 2.45) is 0 Å². The molecule has 2 amide bonds. The van der Waals surface area contributed by atoms with Gasteiger partial charge in [0.15, 0.2) is 0 Å². The Kier molecular flexibility index (Phi) is 7.93. The van der Waals surface area contributed by atoms with Crippen molar-refractivity contribution >= 4 is 6.03 Å². The Bertz CT molecular complexity index is 426. The number of carbonyl (C=O) groups excluding carboxylic acids is 1. The molecule has 0 saturated carbocycles. The minimum absolute atomic E-state index is 0.0298. The number of carbonyl (C=O) groups is 1. The number of rotatable bonds is 8. The molecule has 0 aliphatic rings. The van der Waals surface area contributed by atoms with E-state index in [1.54, 1.807) is 0 Å². The van der Waals surface area contributed by atoms with E-state index in [1.165, 1.54) is 0 Å². The monoisotopic (exact) mass is 274 g/mol. The SMILES string of the molecule is C#CCCCCNC(=O)N[C@H](CCO)c1ccccc1. The number of terminal acetylenes is 1. The molecule has 0 saturated heterocycles. The molecule has 1 aromatic carbocycles. The summed E-state index contributed by atoms with van der Waals surface area (Å²) in [5.74, 6) is 2.57. The van der Waals surface area contributed by atoms with Gasteiger partial charge >= 0.3 is 6.03 Å². The van der Waals surface area contributed by atoms with Crippen LogP contribution in [-0.2, 0) is 0 Å². The molecule has 4 heteroatoms. The Morgan fingerprint density at radius 3 is 2.70 bits per heavy atom. The van der Waals surface area contributed by atoms with Gasteiger partial charge in [-0.25, -0.2) is 4.79 Å². The molecule has 0 aliphatic heterocycles. The molecule has 0 fully saturated rings. The first-order valence-corrected chi connectivity index (χ1v) is 6.91. The van der Waals surface area contributed by atoms with Crippen LogP contribution in [-0.4, -0.2) is 24.3 Å². The van der Waals surface area contributed by atoms with Crippen LogP contribution in [0.3, 0.4) is 0 Å². The van der Waals surface area contributed by atoms with Crippen molar-refractivity contribution in [1.82, 2.24) is 10.6 Å². The number of hydrogen-bond donors (Lipinski definition) is 3. The maximum absolute atomic E-state index is 11.8. The molecule has 0 heterocycles. The van der Waals surface area contributed by atoms with Gasteiger partial charge in [0, 0.05) is 19.6 Å². The summed E-state index contributed by atoms with van der Waals surface area (Å²) in [7, 11) is 0. The van der Waals surface area contributed by atoms with Gasteiger partial charge in [0.05, 0.1) is 6.04 Å². The van der Waals surface area contributed by atoms with Gasteiger partial charge in [0.25, 0.3) is 0 Å². The summed E-state index contributed by atoms with van der Waals surface area (Å²) in [6.07, 6.45) is 8.17. The Morgan fingerprint density at radius 2 is 2.05 bits per heavy atom. The lowest BCUT2D eigenvalue weighted by atomic mass is 10.0. The van der Waals surface area contributed by atoms with Gasteiger partial charge in [-0.3, -0.25) is 0 Å². The first-order valence-electron chi connectivity index (χ1n) is 6.91. The molecule has 0 aliphatic carbocycles. The van der Waals surface area contributed by atoms with Crippen LogP contribution in [0.5, 0.6) is 0 Å². The minimum atomic E-state index is -0.215. The van der Waals surface area contributed by atoms with E-state index in [-0.39, 0.29) is 18.7 Å². The molecule has 20 heavy (non-hydrogen) atoms. The van der Waals surface area contributed by atoms with Gasteiger partial charge in [-0.15, -0.1) is 12.3 Å². The van der Waals surface area contributed by atoms with E-state index in [0.29, 0.717) is 13.0 Å². The highest BCUT2D eigenvalue weighted by atomic mass is 16.3. The zero-order valence-corrected chi connectivity index (χ0v) is 11.6. The van der Waals surface area contributed by atoms with Gasteiger partial charge in [0.1, 0.15) is 0 Å². The molecule has 0 unspecified atom stereocenters. The van der Waals surface area contributed by atoms with Crippen LogP contribution >= 0.6 is 0 Å². The fraction of sp³-hybridized carbons (Fsp3) is 0.438. The molecular weight excluding hydrogens is 252 g/mol. The minimum Gasteiger partial charge on any atom is -0.396 e. The van der Waals surface area contributed by atoms with Crippen LogP contribution < -0.4 is 10.6 Å². The van der Waals surface area contributed by atoms with Crippen molar-refractivity contribution in [3.63, 3.8) is 0 Å². The number of benzene rings is 1. The number of aliphatic hydroxyl groups is 1. The Morgan fingerprint density at radius 1 is 1.30 bits per heavy atom. The first-order chi connectivity index (χ1) is 9.77. The number of nitrogens with one attached hydrogen (secondary N) is 2. The molecule has 1 atom stereocenters. The van der Waals surface area contributed by atoms with Crippen molar-refractivity contribution in [3.8, 4) is 12.3 Å². The molecular formula is C16H22N2O2. The van der Waals surface area contributed by atoms with E-state index >= 15 is 0 Å². The Hall–Kier alpha value is -1.99. The highest BCUT2D eigenvalue weighted by Crippen LogP contribution is 2.15. The molecule has 3 N–H and O–H groups in total. The zero-order chi connectivity index (χ0) is 14.6. The smallest absolute Gasteiger partial charge is 0.315 e. The van der Waals surface area contributed by atoms with Gasteiger partial charge in [0.2, 0.25) is 0 Å². The van der Waals surface area contributed by atoms with E-state index in [2.05, 4.69) is 16.6 Å². The number of unbranched alkanes of at least 4 members (excludes halogenated alkanes) is 2. The molecule has 1 rings (SSSR count). The van der Waals surface area contributed by atoms with Gasteiger partial charge in [-0.1, -0.05) is 30.3 Å². The fourth-order valence-electron chi connectivity index (χ4n) is 1.90. The summed E-state index contributed by atoms with van der Waals surface area (Å²) < 4.78 is 0. The third-order valence-electron chi connectivity index (χ3n) is 2.96. The lowest BCUT2D eigenvalue weighted by Crippen LogP contribution is -2.38. The normalized spacial score (nSPS) is 11.4. The maximum Gasteiger partial charge on any atom is 0.315 e. The van der Waals surface area contributed by atoms with Crippen molar-refractivity contribution < 1.29 is 9.90 Å². The molecule has 1 aromatic rings. The predicted molar refractivity (Wildman–Crippen MR) is 80.1 cm³/mol. The number of hydrogen-bond acceptors (Lipinski definition) is 2. The van der Waals surface area contributed by atoms with Gasteiger partial charge < -0.3 is 15.7 Å². The molecule has 0 bridgehead atoms. The van der Waals surface area contributed by atoms with Crippen LogP contribution in [0.2, 0.25) is 0 Å². The first kappa shape index (κ1) is 16.1. The van der Waals surface area contributed by atoms with E-state index < -0.39 is 0 Å². The number of urea groups is 1. The van der Waals surface area contributed by atoms with Crippen molar-refractivity contribution in [2.75, 3.05) is 13.2 Å². The lowest BCUT2D eigenvalue weighted by Gasteiger charge is -2.18. The molecule has 0 spiro atoms. The van der Waals surface area contributed by atoms with Crippen LogP contribution in [0.4, 0.5) is 4.79 Å². The van der Waals surface area contributed by atoms with Gasteiger partial charge in [-0.2, -0.15) is 0 Å². The third kappa shape index (κ3) is 6.26. The maximum atomic E-state index is 11.8. The van der Waals surface area contributed by atoms with Crippen molar-refractivity contribution in [2.45, 2.75) is 31.7 Å². The largest absolute Gasteiger partial charge is 0.396 e. The number of amides is 2. The standard InChI is InChI=1S/C16H22N2O2/c1-2-3-4-8-12-17-16(20)18-15(11-13-19)14-9-6-5-7-10-14/h1,5-7,9-10,15,19H,3-4,8,11-13H2,(H2,17,18,20)/t15-/m1/s1. The fourth-order valence-corrected chi connectivity index (χ4v) is 1.90. The van der Waals surface area contributed by atoms with Crippen LogP contribution in [0.25, 0.3) is 0 Å². The van der Waals surface area contributed by atoms with Crippen molar-refractivity contribution in [3.05, 3.63) is 35.9 Å². The van der Waals surface area contributed by atoms with Crippen LogP contribution in [0.1, 0.15) is 37.3 Å². The van der Waals surface area contributed by atoms with Gasteiger partial charge in [-0.05, 0) is 24.8 Å². The summed E-state index contributed by atoms with van der Waals surface area (Å²) in [4.78, 5) is 11.8. The summed E-state index contributed by atoms with van der Waals surface area (Å²) in [5.41, 5.74) is 0.990. The average molecular weight is 274 g/mol. The predicted octanol–water partition coefficient (Wildman–Crippen LogP) is 2.21. The Balaban J connectivity index is 2.38. The second kappa shape index (κ2) is 9.88. The molecule has 0 aromatic heterocycles. The summed E-state index contributed by atoms with van der Waals surface area (Å²) in [6, 6.07) is 9.24. The summed E-state index contributed by atoms with van der Waals surface area (Å²) in [5, 5.41) is 14.8. The molecule has 0 radical (unpaired) electrons. The topological polar surface area (TPSA) is 61.4 Å². The number of aliphatic hydroxyl groups excluding tert-OH is 1. The molecule has 4 nitrogen and oxygen atoms in total. The van der Waals surface area contributed by atoms with E-state index in [4.69, 9.17) is 11.5 Å². The average Bonchev–Trinajstić information content (AvgIpc) is 2.47. The van der Waals surface area contributed by atoms with Crippen LogP contribution in [0, 0.1) is 12.3 Å². The second-order valence-electron chi connectivity index (χ2n) is 4.54. The molecule has 108 valence electrons. The van der Waals surface area contributed by atoms with E-state index in [0.717, 1.165) is 24.8 Å². The van der Waals surface area contributed by atoms with Crippen LogP contribution in [0.15, 0.2) is 30.3 Å². The zero-order valence-electron chi connectivity index (χ0n) is 11.6. The lowest BCUT2D eigenvalue weighted by molar-refractivity contribution is 0.229.